The second-order valence-corrected chi connectivity index (χ2v) is 6.84. The van der Waals surface area contributed by atoms with Crippen molar-refractivity contribution in [1.29, 1.82) is 0 Å². The molecule has 1 saturated carbocycles. The summed E-state index contributed by atoms with van der Waals surface area (Å²) >= 11 is 0. The Morgan fingerprint density at radius 3 is 2.63 bits per heavy atom. The number of Topliss-reactive ketones (excluding diaryl/α,β-unsaturated/α-hetero) is 1. The first kappa shape index (κ1) is 23.1. The van der Waals surface area contributed by atoms with Crippen molar-refractivity contribution in [3.63, 3.8) is 0 Å². The Hall–Kier alpha value is -1.98. The zero-order chi connectivity index (χ0) is 20.1. The van der Waals surface area contributed by atoms with E-state index in [-0.39, 0.29) is 30.5 Å². The quantitative estimate of drug-likeness (QED) is 0.453. The van der Waals surface area contributed by atoms with Crippen LogP contribution in [0.4, 0.5) is 0 Å². The van der Waals surface area contributed by atoms with Crippen molar-refractivity contribution in [2.75, 3.05) is 0 Å². The van der Waals surface area contributed by atoms with Crippen LogP contribution in [-0.2, 0) is 9.59 Å². The minimum absolute atomic E-state index is 0.0638. The van der Waals surface area contributed by atoms with Crippen LogP contribution in [0.5, 0.6) is 0 Å². The van der Waals surface area contributed by atoms with Crippen LogP contribution in [0.3, 0.4) is 0 Å². The third-order valence-electron chi connectivity index (χ3n) is 4.59. The van der Waals surface area contributed by atoms with Gasteiger partial charge in [0.15, 0.2) is 0 Å². The molecular formula is C22H32O5. The Kier molecular flexibility index (Phi) is 11.3. The first-order chi connectivity index (χ1) is 13.0. The summed E-state index contributed by atoms with van der Waals surface area (Å²) in [5, 5.41) is 28.7. The van der Waals surface area contributed by atoms with E-state index in [0.717, 1.165) is 12.8 Å². The Labute approximate surface area is 161 Å². The lowest BCUT2D eigenvalue weighted by Crippen LogP contribution is -2.18. The summed E-state index contributed by atoms with van der Waals surface area (Å²) in [6.07, 6.45) is 17.1. The molecule has 0 aliphatic heterocycles. The molecule has 0 aromatic carbocycles. The van der Waals surface area contributed by atoms with E-state index in [0.29, 0.717) is 19.3 Å². The topological polar surface area (TPSA) is 94.8 Å². The van der Waals surface area contributed by atoms with Gasteiger partial charge in [-0.15, -0.1) is 0 Å². The summed E-state index contributed by atoms with van der Waals surface area (Å²) in [6, 6.07) is 0. The van der Waals surface area contributed by atoms with E-state index in [1.165, 1.54) is 0 Å². The van der Waals surface area contributed by atoms with Crippen LogP contribution < -0.4 is 0 Å². The molecule has 1 aliphatic rings. The number of hydrogen-bond acceptors (Lipinski definition) is 4. The summed E-state index contributed by atoms with van der Waals surface area (Å²) in [4.78, 5) is 22.6. The Morgan fingerprint density at radius 1 is 1.19 bits per heavy atom. The van der Waals surface area contributed by atoms with Gasteiger partial charge in [-0.1, -0.05) is 55.5 Å². The Balaban J connectivity index is 2.50. The van der Waals surface area contributed by atoms with Crippen LogP contribution in [-0.4, -0.2) is 39.3 Å². The molecule has 1 rings (SSSR count). The number of carbonyl (C=O) groups excluding carboxylic acids is 1. The van der Waals surface area contributed by atoms with Gasteiger partial charge < -0.3 is 15.3 Å². The summed E-state index contributed by atoms with van der Waals surface area (Å²) in [7, 11) is 0. The van der Waals surface area contributed by atoms with Gasteiger partial charge in [-0.3, -0.25) is 9.59 Å². The first-order valence-corrected chi connectivity index (χ1v) is 9.69. The largest absolute Gasteiger partial charge is 0.481 e. The van der Waals surface area contributed by atoms with Gasteiger partial charge in [-0.2, -0.15) is 0 Å². The van der Waals surface area contributed by atoms with Crippen LogP contribution in [0, 0.1) is 11.8 Å². The van der Waals surface area contributed by atoms with Gasteiger partial charge in [0.1, 0.15) is 5.78 Å². The van der Waals surface area contributed by atoms with Crippen molar-refractivity contribution in [2.45, 2.75) is 64.1 Å². The molecule has 1 aliphatic carbocycles. The van der Waals surface area contributed by atoms with E-state index in [9.17, 15) is 19.8 Å². The molecule has 150 valence electrons. The second-order valence-electron chi connectivity index (χ2n) is 6.84. The van der Waals surface area contributed by atoms with Crippen molar-refractivity contribution >= 4 is 11.8 Å². The number of carbonyl (C=O) groups is 2. The van der Waals surface area contributed by atoms with E-state index in [2.05, 4.69) is 19.1 Å². The third kappa shape index (κ3) is 9.50. The van der Waals surface area contributed by atoms with Crippen molar-refractivity contribution in [1.82, 2.24) is 0 Å². The smallest absolute Gasteiger partial charge is 0.303 e. The van der Waals surface area contributed by atoms with E-state index in [1.54, 1.807) is 24.3 Å². The van der Waals surface area contributed by atoms with Crippen LogP contribution in [0.2, 0.25) is 0 Å². The van der Waals surface area contributed by atoms with Gasteiger partial charge in [-0.25, -0.2) is 0 Å². The maximum Gasteiger partial charge on any atom is 0.303 e. The number of ketones is 1. The minimum atomic E-state index is -0.846. The van der Waals surface area contributed by atoms with E-state index in [4.69, 9.17) is 5.11 Å². The highest BCUT2D eigenvalue weighted by atomic mass is 16.4. The van der Waals surface area contributed by atoms with Gasteiger partial charge in [0, 0.05) is 24.7 Å². The van der Waals surface area contributed by atoms with Crippen molar-refractivity contribution in [3.8, 4) is 0 Å². The first-order valence-electron chi connectivity index (χ1n) is 9.69. The lowest BCUT2D eigenvalue weighted by Gasteiger charge is -2.16. The molecule has 0 aromatic heterocycles. The highest BCUT2D eigenvalue weighted by Gasteiger charge is 2.39. The van der Waals surface area contributed by atoms with E-state index >= 15 is 0 Å². The zero-order valence-corrected chi connectivity index (χ0v) is 16.0. The molecule has 5 nitrogen and oxygen atoms in total. The summed E-state index contributed by atoms with van der Waals surface area (Å²) in [5.74, 6) is -1.31. The molecule has 1 fully saturated rings. The normalized spacial score (nSPS) is 24.9. The number of carboxylic acids is 1. The van der Waals surface area contributed by atoms with Crippen LogP contribution in [0.25, 0.3) is 0 Å². The molecule has 0 heterocycles. The number of aliphatic hydroxyl groups excluding tert-OH is 2. The van der Waals surface area contributed by atoms with Crippen LogP contribution in [0.1, 0.15) is 51.9 Å². The summed E-state index contributed by atoms with van der Waals surface area (Å²) in [6.45, 7) is 2.08. The Morgan fingerprint density at radius 2 is 1.93 bits per heavy atom. The van der Waals surface area contributed by atoms with E-state index in [1.807, 2.05) is 12.2 Å². The average Bonchev–Trinajstić information content (AvgIpc) is 2.88. The maximum atomic E-state index is 12.1. The van der Waals surface area contributed by atoms with Crippen LogP contribution >= 0.6 is 0 Å². The predicted octanol–water partition coefficient (Wildman–Crippen LogP) is 3.58. The Bertz CT molecular complexity index is 573. The SMILES string of the molecule is CC/C=C\C/C=C\C[C@@H]1C(=O)C[C@H](O)[C@@H]1/C=C/[C@H](O)C/C=C\CCC(=O)O. The number of aliphatic hydroxyl groups is 2. The zero-order valence-electron chi connectivity index (χ0n) is 16.0. The fraction of sp³-hybridized carbons (Fsp3) is 0.545. The van der Waals surface area contributed by atoms with Gasteiger partial charge in [0.25, 0.3) is 0 Å². The molecule has 0 spiro atoms. The molecule has 0 amide bonds. The average molecular weight is 376 g/mol. The molecule has 27 heavy (non-hydrogen) atoms. The molecule has 0 aromatic rings. The highest BCUT2D eigenvalue weighted by molar-refractivity contribution is 5.84. The molecule has 5 heteroatoms. The molecule has 3 N–H and O–H groups in total. The maximum absolute atomic E-state index is 12.1. The van der Waals surface area contributed by atoms with Crippen LogP contribution in [0.15, 0.2) is 48.6 Å². The number of carboxylic acid groups (broad SMARTS) is 1. The molecule has 0 bridgehead atoms. The van der Waals surface area contributed by atoms with Crippen molar-refractivity contribution in [2.24, 2.45) is 11.8 Å². The lowest BCUT2D eigenvalue weighted by molar-refractivity contribution is -0.136. The molecule has 0 unspecified atom stereocenters. The highest BCUT2D eigenvalue weighted by Crippen LogP contribution is 2.33. The number of hydrogen-bond donors (Lipinski definition) is 3. The summed E-state index contributed by atoms with van der Waals surface area (Å²) in [5.41, 5.74) is 0. The van der Waals surface area contributed by atoms with Gasteiger partial charge in [0.05, 0.1) is 12.2 Å². The third-order valence-corrected chi connectivity index (χ3v) is 4.59. The molecular weight excluding hydrogens is 344 g/mol. The van der Waals surface area contributed by atoms with Gasteiger partial charge >= 0.3 is 5.97 Å². The molecule has 0 saturated heterocycles. The van der Waals surface area contributed by atoms with E-state index < -0.39 is 18.2 Å². The number of rotatable bonds is 12. The van der Waals surface area contributed by atoms with Crippen molar-refractivity contribution in [3.05, 3.63) is 48.6 Å². The summed E-state index contributed by atoms with van der Waals surface area (Å²) < 4.78 is 0. The number of aliphatic carboxylic acids is 1. The fourth-order valence-corrected chi connectivity index (χ4v) is 3.10. The van der Waals surface area contributed by atoms with Crippen molar-refractivity contribution < 1.29 is 24.9 Å². The molecule has 0 radical (unpaired) electrons. The fourth-order valence-electron chi connectivity index (χ4n) is 3.10. The number of allylic oxidation sites excluding steroid dienone is 5. The predicted molar refractivity (Wildman–Crippen MR) is 106 cm³/mol. The standard InChI is InChI=1S/C22H32O5/c1-2-3-4-5-6-9-12-18-19(21(25)16-20(18)24)15-14-17(23)11-8-7-10-13-22(26)27/h3-4,6-9,14-15,17-19,21,23,25H,2,5,10-13,16H2,1H3,(H,26,27)/b4-3-,8-7-,9-6-,15-14+/t17-,18+,19-,21+/m1/s1. The second kappa shape index (κ2) is 13.2. The molecule has 4 atom stereocenters. The van der Waals surface area contributed by atoms with Gasteiger partial charge in [0.2, 0.25) is 0 Å². The monoisotopic (exact) mass is 376 g/mol. The minimum Gasteiger partial charge on any atom is -0.481 e. The van der Waals surface area contributed by atoms with Gasteiger partial charge in [-0.05, 0) is 32.1 Å². The lowest BCUT2D eigenvalue weighted by atomic mass is 9.90.